The van der Waals surface area contributed by atoms with Crippen molar-refractivity contribution in [2.45, 2.75) is 11.8 Å². The van der Waals surface area contributed by atoms with Crippen LogP contribution in [0.4, 0.5) is 0 Å². The van der Waals surface area contributed by atoms with Gasteiger partial charge in [0.25, 0.3) is 0 Å². The number of hydrogen-bond donors (Lipinski definition) is 2. The summed E-state index contributed by atoms with van der Waals surface area (Å²) in [5.74, 6) is 0. The van der Waals surface area contributed by atoms with Gasteiger partial charge in [-0.3, -0.25) is 0 Å². The van der Waals surface area contributed by atoms with Gasteiger partial charge in [-0.2, -0.15) is 0 Å². The minimum absolute atomic E-state index is 0.256. The monoisotopic (exact) mass is 180 g/mol. The Bertz CT molecular complexity index is 252. The van der Waals surface area contributed by atoms with Crippen LogP contribution in [0, 0.1) is 0 Å². The van der Waals surface area contributed by atoms with Crippen molar-refractivity contribution in [1.29, 1.82) is 0 Å². The number of aromatic amines is 1. The number of rotatable bonds is 4. The second-order valence-corrected chi connectivity index (χ2v) is 3.71. The fourth-order valence-corrected chi connectivity index (χ4v) is 1.81. The van der Waals surface area contributed by atoms with Crippen molar-refractivity contribution < 1.29 is 4.74 Å². The van der Waals surface area contributed by atoms with Crippen LogP contribution < -0.4 is 5.32 Å². The van der Waals surface area contributed by atoms with E-state index in [0.29, 0.717) is 0 Å². The van der Waals surface area contributed by atoms with Gasteiger partial charge in [-0.05, 0) is 32.1 Å². The van der Waals surface area contributed by atoms with E-state index in [4.69, 9.17) is 4.74 Å². The smallest absolute Gasteiger partial charge is 0.0600 e. The molecule has 2 N–H and O–H groups in total. The second kappa shape index (κ2) is 3.52. The number of ether oxygens (including phenoxy) is 1. The third kappa shape index (κ3) is 1.49. The molecule has 1 aliphatic rings. The van der Waals surface area contributed by atoms with Crippen molar-refractivity contribution in [1.82, 2.24) is 10.3 Å². The lowest BCUT2D eigenvalue weighted by Crippen LogP contribution is -2.48. The van der Waals surface area contributed by atoms with Crippen molar-refractivity contribution in [3.8, 4) is 0 Å². The fourth-order valence-electron chi connectivity index (χ4n) is 1.81. The maximum atomic E-state index is 5.31. The van der Waals surface area contributed by atoms with Gasteiger partial charge in [0.1, 0.15) is 0 Å². The maximum absolute atomic E-state index is 5.31. The molecular formula is C10H16N2O. The average Bonchev–Trinajstić information content (AvgIpc) is 2.56. The summed E-state index contributed by atoms with van der Waals surface area (Å²) in [6.45, 7) is 2.76. The molecule has 0 radical (unpaired) electrons. The zero-order valence-electron chi connectivity index (χ0n) is 7.97. The molecule has 1 aliphatic heterocycles. The van der Waals surface area contributed by atoms with E-state index in [1.807, 2.05) is 13.2 Å². The van der Waals surface area contributed by atoms with E-state index in [1.54, 1.807) is 0 Å². The Kier molecular flexibility index (Phi) is 2.38. The van der Waals surface area contributed by atoms with Gasteiger partial charge in [-0.15, -0.1) is 0 Å². The summed E-state index contributed by atoms with van der Waals surface area (Å²) < 4.78 is 5.31. The van der Waals surface area contributed by atoms with E-state index >= 15 is 0 Å². The van der Waals surface area contributed by atoms with Gasteiger partial charge in [0.15, 0.2) is 0 Å². The summed E-state index contributed by atoms with van der Waals surface area (Å²) in [7, 11) is 1.99. The van der Waals surface area contributed by atoms with Crippen molar-refractivity contribution in [2.75, 3.05) is 26.8 Å². The van der Waals surface area contributed by atoms with Gasteiger partial charge in [0.2, 0.25) is 0 Å². The first-order valence-electron chi connectivity index (χ1n) is 4.74. The molecule has 13 heavy (non-hydrogen) atoms. The fraction of sp³-hybridized carbons (Fsp3) is 0.600. The van der Waals surface area contributed by atoms with Gasteiger partial charge >= 0.3 is 0 Å². The van der Waals surface area contributed by atoms with Gasteiger partial charge in [-0.25, -0.2) is 0 Å². The first-order chi connectivity index (χ1) is 6.37. The second-order valence-electron chi connectivity index (χ2n) is 3.71. The molecule has 0 unspecified atom stereocenters. The SMILES string of the molecule is CNCCC1(c2ccc[nH]2)COC1. The number of hydrogen-bond acceptors (Lipinski definition) is 2. The maximum Gasteiger partial charge on any atom is 0.0600 e. The summed E-state index contributed by atoms with van der Waals surface area (Å²) >= 11 is 0. The Balaban J connectivity index is 2.07. The zero-order chi connectivity index (χ0) is 9.15. The predicted octanol–water partition coefficient (Wildman–Crippen LogP) is 0.892. The summed E-state index contributed by atoms with van der Waals surface area (Å²) in [4.78, 5) is 3.28. The lowest BCUT2D eigenvalue weighted by molar-refractivity contribution is -0.0657. The molecule has 0 atom stereocenters. The number of H-pyrrole nitrogens is 1. The largest absolute Gasteiger partial charge is 0.379 e. The van der Waals surface area contributed by atoms with Crippen molar-refractivity contribution in [3.63, 3.8) is 0 Å². The molecule has 0 aromatic carbocycles. The molecule has 0 aliphatic carbocycles. The van der Waals surface area contributed by atoms with Crippen LogP contribution in [0.25, 0.3) is 0 Å². The Morgan fingerprint density at radius 3 is 2.92 bits per heavy atom. The molecule has 0 saturated carbocycles. The van der Waals surface area contributed by atoms with Crippen molar-refractivity contribution >= 4 is 0 Å². The lowest BCUT2D eigenvalue weighted by atomic mass is 9.79. The van der Waals surface area contributed by atoms with Gasteiger partial charge in [0.05, 0.1) is 18.6 Å². The molecule has 1 fully saturated rings. The van der Waals surface area contributed by atoms with Crippen molar-refractivity contribution in [2.24, 2.45) is 0 Å². The van der Waals surface area contributed by atoms with Crippen LogP contribution in [0.5, 0.6) is 0 Å². The third-order valence-electron chi connectivity index (χ3n) is 2.78. The van der Waals surface area contributed by atoms with Crippen LogP contribution in [0.2, 0.25) is 0 Å². The number of aromatic nitrogens is 1. The minimum atomic E-state index is 0.256. The highest BCUT2D eigenvalue weighted by atomic mass is 16.5. The topological polar surface area (TPSA) is 37.0 Å². The van der Waals surface area contributed by atoms with E-state index in [9.17, 15) is 0 Å². The third-order valence-corrected chi connectivity index (χ3v) is 2.78. The Morgan fingerprint density at radius 2 is 2.46 bits per heavy atom. The van der Waals surface area contributed by atoms with E-state index in [2.05, 4.69) is 22.4 Å². The summed E-state index contributed by atoms with van der Waals surface area (Å²) in [6.07, 6.45) is 3.12. The van der Waals surface area contributed by atoms with Crippen molar-refractivity contribution in [3.05, 3.63) is 24.0 Å². The molecule has 0 spiro atoms. The van der Waals surface area contributed by atoms with Crippen LogP contribution >= 0.6 is 0 Å². The summed E-state index contributed by atoms with van der Waals surface area (Å²) in [6, 6.07) is 4.20. The quantitative estimate of drug-likeness (QED) is 0.722. The van der Waals surface area contributed by atoms with E-state index < -0.39 is 0 Å². The average molecular weight is 180 g/mol. The summed E-state index contributed by atoms with van der Waals surface area (Å²) in [5.41, 5.74) is 1.57. The molecule has 3 heteroatoms. The zero-order valence-corrected chi connectivity index (χ0v) is 7.97. The Hall–Kier alpha value is -0.800. The lowest BCUT2D eigenvalue weighted by Gasteiger charge is -2.41. The minimum Gasteiger partial charge on any atom is -0.379 e. The molecule has 1 aromatic heterocycles. The molecule has 2 rings (SSSR count). The molecule has 0 amide bonds. The predicted molar refractivity (Wildman–Crippen MR) is 51.8 cm³/mol. The van der Waals surface area contributed by atoms with E-state index in [0.717, 1.165) is 26.2 Å². The Labute approximate surface area is 78.5 Å². The summed E-state index contributed by atoms with van der Waals surface area (Å²) in [5, 5.41) is 3.18. The van der Waals surface area contributed by atoms with Crippen LogP contribution in [0.15, 0.2) is 18.3 Å². The van der Waals surface area contributed by atoms with Crippen LogP contribution in [0.1, 0.15) is 12.1 Å². The first kappa shape index (κ1) is 8.78. The van der Waals surface area contributed by atoms with E-state index in [1.165, 1.54) is 5.69 Å². The highest BCUT2D eigenvalue weighted by Gasteiger charge is 2.40. The first-order valence-corrected chi connectivity index (χ1v) is 4.74. The van der Waals surface area contributed by atoms with Gasteiger partial charge < -0.3 is 15.0 Å². The molecule has 72 valence electrons. The van der Waals surface area contributed by atoms with Crippen LogP contribution in [-0.4, -0.2) is 31.8 Å². The molecule has 2 heterocycles. The molecular weight excluding hydrogens is 164 g/mol. The molecule has 1 saturated heterocycles. The molecule has 1 aromatic rings. The van der Waals surface area contributed by atoms with Gasteiger partial charge in [-0.1, -0.05) is 0 Å². The molecule has 0 bridgehead atoms. The standard InChI is InChI=1S/C10H16N2O/c1-11-6-4-10(7-13-8-10)9-3-2-5-12-9/h2-3,5,11-12H,4,6-8H2,1H3. The highest BCUT2D eigenvalue weighted by molar-refractivity contribution is 5.20. The van der Waals surface area contributed by atoms with E-state index in [-0.39, 0.29) is 5.41 Å². The molecule has 3 nitrogen and oxygen atoms in total. The normalized spacial score (nSPS) is 19.8. The van der Waals surface area contributed by atoms with Gasteiger partial charge in [0, 0.05) is 11.9 Å². The Morgan fingerprint density at radius 1 is 1.62 bits per heavy atom. The number of nitrogens with one attached hydrogen (secondary N) is 2. The van der Waals surface area contributed by atoms with Crippen LogP contribution in [-0.2, 0) is 10.2 Å². The highest BCUT2D eigenvalue weighted by Crippen LogP contribution is 2.34. The van der Waals surface area contributed by atoms with Crippen LogP contribution in [0.3, 0.4) is 0 Å².